The maximum absolute atomic E-state index is 12.9. The number of pyridine rings is 1. The fraction of sp³-hybridized carbons (Fsp3) is 0.115. The van der Waals surface area contributed by atoms with Gasteiger partial charge in [0, 0.05) is 23.6 Å². The number of nitrogens with one attached hydrogen (secondary N) is 1. The molecule has 198 valence electrons. The minimum atomic E-state index is -4.52. The van der Waals surface area contributed by atoms with Gasteiger partial charge in [-0.3, -0.25) is 14.6 Å². The topological polar surface area (TPSA) is 108 Å². The summed E-state index contributed by atoms with van der Waals surface area (Å²) >= 11 is 1.18. The number of halogens is 3. The number of hydrogen-bond acceptors (Lipinski definition) is 8. The van der Waals surface area contributed by atoms with E-state index in [0.717, 1.165) is 17.7 Å². The van der Waals surface area contributed by atoms with E-state index in [0.29, 0.717) is 26.6 Å². The number of aromatic nitrogens is 4. The molecule has 1 N–H and O–H groups in total. The van der Waals surface area contributed by atoms with Crippen LogP contribution in [-0.2, 0) is 11.0 Å². The lowest BCUT2D eigenvalue weighted by molar-refractivity contribution is -0.137. The molecular formula is C26H18F3N5O4S. The molecule has 2 aromatic carbocycles. The van der Waals surface area contributed by atoms with Gasteiger partial charge < -0.3 is 14.8 Å². The van der Waals surface area contributed by atoms with Crippen molar-refractivity contribution in [3.63, 3.8) is 0 Å². The second-order valence-corrected chi connectivity index (χ2v) is 9.12. The van der Waals surface area contributed by atoms with Crippen molar-refractivity contribution in [2.24, 2.45) is 0 Å². The van der Waals surface area contributed by atoms with Crippen molar-refractivity contribution < 1.29 is 27.4 Å². The van der Waals surface area contributed by atoms with Gasteiger partial charge in [-0.2, -0.15) is 22.7 Å². The number of hydrogen-bond donors (Lipinski definition) is 1. The molecule has 13 heteroatoms. The number of alkyl halides is 3. The van der Waals surface area contributed by atoms with Crippen LogP contribution in [0.2, 0.25) is 0 Å². The van der Waals surface area contributed by atoms with Crippen molar-refractivity contribution in [3.05, 3.63) is 93.0 Å². The van der Waals surface area contributed by atoms with Gasteiger partial charge in [0.25, 0.3) is 11.5 Å². The fourth-order valence-corrected chi connectivity index (χ4v) is 4.52. The summed E-state index contributed by atoms with van der Waals surface area (Å²) < 4.78 is 51.2. The summed E-state index contributed by atoms with van der Waals surface area (Å²) in [7, 11) is 1.41. The molecule has 0 fully saturated rings. The van der Waals surface area contributed by atoms with Gasteiger partial charge in [-0.15, -0.1) is 5.10 Å². The predicted octanol–water partition coefficient (Wildman–Crippen LogP) is 3.81. The first kappa shape index (κ1) is 25.9. The van der Waals surface area contributed by atoms with E-state index in [2.05, 4.69) is 20.4 Å². The van der Waals surface area contributed by atoms with E-state index >= 15 is 0 Å². The van der Waals surface area contributed by atoms with E-state index in [1.807, 2.05) is 0 Å². The molecule has 0 aliphatic heterocycles. The number of carbonyl (C=O) groups is 1. The minimum Gasteiger partial charge on any atom is -0.493 e. The van der Waals surface area contributed by atoms with Crippen LogP contribution in [0.25, 0.3) is 22.4 Å². The maximum Gasteiger partial charge on any atom is 0.416 e. The third kappa shape index (κ3) is 5.72. The first-order valence-corrected chi connectivity index (χ1v) is 12.1. The average Bonchev–Trinajstić information content (AvgIpc) is 3.47. The number of benzene rings is 2. The summed E-state index contributed by atoms with van der Waals surface area (Å²) in [6, 6.07) is 12.7. The summed E-state index contributed by atoms with van der Waals surface area (Å²) in [6.45, 7) is -0.464. The Kier molecular flexibility index (Phi) is 6.98. The second-order valence-electron chi connectivity index (χ2n) is 8.11. The van der Waals surface area contributed by atoms with Gasteiger partial charge in [0.1, 0.15) is 0 Å². The van der Waals surface area contributed by atoms with Crippen LogP contribution in [0.1, 0.15) is 11.1 Å². The lowest BCUT2D eigenvalue weighted by Gasteiger charge is -2.12. The fourth-order valence-electron chi connectivity index (χ4n) is 3.62. The molecule has 39 heavy (non-hydrogen) atoms. The number of carbonyl (C=O) groups excluding carboxylic acids is 1. The van der Waals surface area contributed by atoms with Crippen molar-refractivity contribution in [3.8, 4) is 22.9 Å². The molecule has 0 spiro atoms. The molecule has 3 aromatic heterocycles. The maximum atomic E-state index is 12.9. The monoisotopic (exact) mass is 553 g/mol. The molecule has 0 aliphatic carbocycles. The van der Waals surface area contributed by atoms with Gasteiger partial charge in [0.05, 0.1) is 17.2 Å². The first-order valence-electron chi connectivity index (χ1n) is 11.3. The van der Waals surface area contributed by atoms with Gasteiger partial charge in [-0.25, -0.2) is 0 Å². The molecule has 0 atom stereocenters. The van der Waals surface area contributed by atoms with Gasteiger partial charge in [0.15, 0.2) is 23.9 Å². The van der Waals surface area contributed by atoms with Crippen molar-refractivity contribution in [1.29, 1.82) is 0 Å². The Morgan fingerprint density at radius 3 is 2.62 bits per heavy atom. The van der Waals surface area contributed by atoms with Crippen molar-refractivity contribution in [1.82, 2.24) is 19.6 Å². The molecule has 0 bridgehead atoms. The first-order chi connectivity index (χ1) is 18.7. The SMILES string of the molecule is COc1cc(/C=c2\sc3nc(-c4ccncc4)nn3c2=O)ccc1OCC(=O)Nc1cccc(C(F)(F)F)c1. The largest absolute Gasteiger partial charge is 0.493 e. The summed E-state index contributed by atoms with van der Waals surface area (Å²) in [5, 5.41) is 6.67. The van der Waals surface area contributed by atoms with Gasteiger partial charge in [0.2, 0.25) is 4.96 Å². The number of rotatable bonds is 7. The zero-order chi connectivity index (χ0) is 27.6. The Morgan fingerprint density at radius 1 is 1.10 bits per heavy atom. The van der Waals surface area contributed by atoms with E-state index < -0.39 is 24.3 Å². The summed E-state index contributed by atoms with van der Waals surface area (Å²) in [5.74, 6) is 0.305. The highest BCUT2D eigenvalue weighted by Crippen LogP contribution is 2.31. The Bertz CT molecular complexity index is 1770. The number of ether oxygens (including phenoxy) is 2. The van der Waals surface area contributed by atoms with E-state index in [-0.39, 0.29) is 17.0 Å². The van der Waals surface area contributed by atoms with Crippen molar-refractivity contribution in [2.75, 3.05) is 19.0 Å². The van der Waals surface area contributed by atoms with Gasteiger partial charge >= 0.3 is 6.18 Å². The smallest absolute Gasteiger partial charge is 0.416 e. The summed E-state index contributed by atoms with van der Waals surface area (Å²) in [4.78, 5) is 33.9. The molecule has 0 unspecified atom stereocenters. The normalized spacial score (nSPS) is 12.1. The molecule has 0 aliphatic rings. The number of anilines is 1. The van der Waals surface area contributed by atoms with Crippen molar-refractivity contribution in [2.45, 2.75) is 6.18 Å². The lowest BCUT2D eigenvalue weighted by atomic mass is 10.2. The van der Waals surface area contributed by atoms with E-state index in [4.69, 9.17) is 9.47 Å². The Hall–Kier alpha value is -4.78. The zero-order valence-corrected chi connectivity index (χ0v) is 20.9. The van der Waals surface area contributed by atoms with Gasteiger partial charge in [-0.05, 0) is 54.1 Å². The van der Waals surface area contributed by atoms with Crippen LogP contribution in [0.5, 0.6) is 11.5 Å². The molecule has 5 aromatic rings. The van der Waals surface area contributed by atoms with Gasteiger partial charge in [-0.1, -0.05) is 23.5 Å². The third-order valence-electron chi connectivity index (χ3n) is 5.44. The molecule has 0 saturated carbocycles. The van der Waals surface area contributed by atoms with Crippen LogP contribution in [0.4, 0.5) is 18.9 Å². The zero-order valence-electron chi connectivity index (χ0n) is 20.1. The van der Waals surface area contributed by atoms with Crippen LogP contribution >= 0.6 is 11.3 Å². The number of fused-ring (bicyclic) bond motifs is 1. The van der Waals surface area contributed by atoms with E-state index in [9.17, 15) is 22.8 Å². The standard InChI is InChI=1S/C26H18F3N5O4S/c1-37-20-11-15(12-21-24(36)34-25(39-21)32-23(33-34)16-7-9-30-10-8-16)5-6-19(20)38-14-22(35)31-18-4-2-3-17(13-18)26(27,28)29/h2-13H,14H2,1H3,(H,31,35)/b21-12-. The number of nitrogens with zero attached hydrogens (tertiary/aromatic N) is 4. The molecule has 1 amide bonds. The van der Waals surface area contributed by atoms with Crippen LogP contribution in [0.3, 0.4) is 0 Å². The van der Waals surface area contributed by atoms with Crippen LogP contribution < -0.4 is 24.9 Å². The Balaban J connectivity index is 1.30. The molecule has 0 saturated heterocycles. The highest BCUT2D eigenvalue weighted by Gasteiger charge is 2.30. The molecule has 9 nitrogen and oxygen atoms in total. The van der Waals surface area contributed by atoms with Crippen molar-refractivity contribution >= 4 is 34.0 Å². The molecule has 5 rings (SSSR count). The number of methoxy groups -OCH3 is 1. The van der Waals surface area contributed by atoms with Crippen LogP contribution in [0.15, 0.2) is 71.8 Å². The summed E-state index contributed by atoms with van der Waals surface area (Å²) in [5.41, 5.74) is 0.167. The van der Waals surface area contributed by atoms with Crippen LogP contribution in [-0.4, -0.2) is 39.2 Å². The highest BCUT2D eigenvalue weighted by atomic mass is 32.1. The lowest BCUT2D eigenvalue weighted by Crippen LogP contribution is -2.23. The van der Waals surface area contributed by atoms with E-state index in [1.54, 1.807) is 48.8 Å². The Morgan fingerprint density at radius 2 is 1.90 bits per heavy atom. The molecule has 0 radical (unpaired) electrons. The molecular weight excluding hydrogens is 535 g/mol. The van der Waals surface area contributed by atoms with E-state index in [1.165, 1.54) is 35.1 Å². The quantitative estimate of drug-likeness (QED) is 0.327. The summed E-state index contributed by atoms with van der Waals surface area (Å²) in [6.07, 6.45) is 0.363. The Labute approximate surface area is 222 Å². The number of amides is 1. The predicted molar refractivity (Wildman–Crippen MR) is 138 cm³/mol. The second kappa shape index (κ2) is 10.5. The number of thiazole rings is 1. The minimum absolute atomic E-state index is 0.00608. The average molecular weight is 554 g/mol. The third-order valence-corrected chi connectivity index (χ3v) is 6.40. The van der Waals surface area contributed by atoms with Crippen LogP contribution in [0, 0.1) is 0 Å². The highest BCUT2D eigenvalue weighted by molar-refractivity contribution is 7.15. The molecule has 3 heterocycles.